The van der Waals surface area contributed by atoms with Crippen LogP contribution < -0.4 is 0 Å². The van der Waals surface area contributed by atoms with E-state index in [1.807, 2.05) is 0 Å². The van der Waals surface area contributed by atoms with Gasteiger partial charge < -0.3 is 0 Å². The van der Waals surface area contributed by atoms with Gasteiger partial charge in [0.25, 0.3) is 9.05 Å². The molecule has 3 nitrogen and oxygen atoms in total. The monoisotopic (exact) mass is 272 g/mol. The topological polar surface area (TPSA) is 51.2 Å². The second-order valence-electron chi connectivity index (χ2n) is 2.78. The maximum atomic E-state index is 12.5. The lowest BCUT2D eigenvalue weighted by Gasteiger charge is -2.11. The van der Waals surface area contributed by atoms with Crippen LogP contribution in [0.2, 0.25) is 0 Å². The Bertz CT molecular complexity index is 522. The highest BCUT2D eigenvalue weighted by Crippen LogP contribution is 2.36. The van der Waals surface area contributed by atoms with Crippen molar-refractivity contribution in [2.75, 3.05) is 0 Å². The first kappa shape index (κ1) is 13.0. The van der Waals surface area contributed by atoms with E-state index in [0.29, 0.717) is 6.07 Å². The highest BCUT2D eigenvalue weighted by Gasteiger charge is 2.38. The number of alkyl halides is 3. The second-order valence-corrected chi connectivity index (χ2v) is 5.28. The summed E-state index contributed by atoms with van der Waals surface area (Å²) in [5.41, 5.74) is -2.07. The number of halogens is 4. The quantitative estimate of drug-likeness (QED) is 0.614. The van der Waals surface area contributed by atoms with Gasteiger partial charge in [0.05, 0.1) is 5.56 Å². The van der Waals surface area contributed by atoms with E-state index in [4.69, 9.17) is 10.7 Å². The van der Waals surface area contributed by atoms with Crippen molar-refractivity contribution in [3.05, 3.63) is 29.3 Å². The Hall–Kier alpha value is -1.08. The summed E-state index contributed by atoms with van der Waals surface area (Å²) >= 11 is 0. The van der Waals surface area contributed by atoms with Crippen molar-refractivity contribution in [1.82, 2.24) is 0 Å². The van der Waals surface area contributed by atoms with Crippen LogP contribution in [0, 0.1) is 0 Å². The van der Waals surface area contributed by atoms with E-state index in [9.17, 15) is 26.4 Å². The number of hydrogen-bond donors (Lipinski definition) is 0. The van der Waals surface area contributed by atoms with E-state index in [1.54, 1.807) is 0 Å². The molecule has 0 saturated heterocycles. The molecule has 16 heavy (non-hydrogen) atoms. The normalized spacial score (nSPS) is 12.5. The molecule has 0 aliphatic heterocycles. The lowest BCUT2D eigenvalue weighted by molar-refractivity contribution is -0.139. The predicted octanol–water partition coefficient (Wildman–Crippen LogP) is 2.45. The molecule has 1 aromatic carbocycles. The molecule has 0 N–H and O–H groups in total. The van der Waals surface area contributed by atoms with Gasteiger partial charge in [-0.2, -0.15) is 13.2 Å². The smallest absolute Gasteiger partial charge is 0.298 e. The molecule has 0 bridgehead atoms. The zero-order valence-electron chi connectivity index (χ0n) is 7.45. The molecule has 8 heteroatoms. The molecule has 0 saturated carbocycles. The molecule has 0 aliphatic rings. The maximum absolute atomic E-state index is 12.5. The van der Waals surface area contributed by atoms with Crippen molar-refractivity contribution < 1.29 is 26.4 Å². The molecule has 0 aliphatic carbocycles. The fraction of sp³-hybridized carbons (Fsp3) is 0.125. The van der Waals surface area contributed by atoms with E-state index < -0.39 is 31.2 Å². The third kappa shape index (κ3) is 2.53. The first-order chi connectivity index (χ1) is 7.18. The van der Waals surface area contributed by atoms with Crippen LogP contribution in [0.15, 0.2) is 23.1 Å². The van der Waals surface area contributed by atoms with Crippen molar-refractivity contribution in [1.29, 1.82) is 0 Å². The van der Waals surface area contributed by atoms with Crippen LogP contribution in [0.4, 0.5) is 13.2 Å². The minimum Gasteiger partial charge on any atom is -0.298 e. The average Bonchev–Trinajstić information content (AvgIpc) is 2.13. The Morgan fingerprint density at radius 1 is 1.25 bits per heavy atom. The molecule has 0 radical (unpaired) electrons. The van der Waals surface area contributed by atoms with Gasteiger partial charge in [0, 0.05) is 16.2 Å². The lowest BCUT2D eigenvalue weighted by atomic mass is 10.1. The van der Waals surface area contributed by atoms with Gasteiger partial charge in [0.1, 0.15) is 4.90 Å². The first-order valence-electron chi connectivity index (χ1n) is 3.78. The van der Waals surface area contributed by atoms with Crippen LogP contribution in [-0.2, 0) is 15.2 Å². The molecule has 0 aromatic heterocycles. The maximum Gasteiger partial charge on any atom is 0.417 e. The van der Waals surface area contributed by atoms with E-state index in [2.05, 4.69) is 0 Å². The molecule has 0 unspecified atom stereocenters. The number of aldehydes is 1. The Morgan fingerprint density at radius 2 is 1.81 bits per heavy atom. The molecular formula is C8H4ClF3O3S. The minimum atomic E-state index is -4.89. The van der Waals surface area contributed by atoms with Gasteiger partial charge in [-0.3, -0.25) is 4.79 Å². The molecule has 1 rings (SSSR count). The van der Waals surface area contributed by atoms with Gasteiger partial charge >= 0.3 is 6.18 Å². The molecule has 1 aromatic rings. The Kier molecular flexibility index (Phi) is 3.30. The number of carbonyl (C=O) groups is 1. The molecular weight excluding hydrogens is 269 g/mol. The summed E-state index contributed by atoms with van der Waals surface area (Å²) in [7, 11) is 0.229. The van der Waals surface area contributed by atoms with E-state index in [1.165, 1.54) is 0 Å². The first-order valence-corrected chi connectivity index (χ1v) is 6.09. The van der Waals surface area contributed by atoms with Crippen molar-refractivity contribution in [2.45, 2.75) is 11.1 Å². The standard InChI is InChI=1S/C8H4ClF3O3S/c9-16(14,15)7-5(4-13)2-1-3-6(7)8(10,11)12/h1-4H. The fourth-order valence-corrected chi connectivity index (χ4v) is 2.50. The zero-order valence-corrected chi connectivity index (χ0v) is 9.03. The number of carbonyl (C=O) groups excluding carboxylic acids is 1. The third-order valence-electron chi connectivity index (χ3n) is 1.72. The van der Waals surface area contributed by atoms with Crippen molar-refractivity contribution >= 4 is 26.0 Å². The minimum absolute atomic E-state index is 0.00447. The van der Waals surface area contributed by atoms with Crippen LogP contribution in [0.3, 0.4) is 0 Å². The van der Waals surface area contributed by atoms with E-state index in [-0.39, 0.29) is 6.29 Å². The molecule has 0 fully saturated rings. The number of rotatable bonds is 2. The summed E-state index contributed by atoms with van der Waals surface area (Å²) in [4.78, 5) is 9.25. The summed E-state index contributed by atoms with van der Waals surface area (Å²) in [6, 6.07) is 2.41. The summed E-state index contributed by atoms with van der Waals surface area (Å²) in [5, 5.41) is 0. The van der Waals surface area contributed by atoms with E-state index in [0.717, 1.165) is 12.1 Å². The van der Waals surface area contributed by atoms with Gasteiger partial charge in [0.15, 0.2) is 6.29 Å². The molecule has 0 heterocycles. The highest BCUT2D eigenvalue weighted by molar-refractivity contribution is 8.13. The van der Waals surface area contributed by atoms with Gasteiger partial charge in [0.2, 0.25) is 0 Å². The Balaban J connectivity index is 3.71. The number of hydrogen-bond acceptors (Lipinski definition) is 3. The van der Waals surface area contributed by atoms with Crippen molar-refractivity contribution in [2.24, 2.45) is 0 Å². The predicted molar refractivity (Wildman–Crippen MR) is 49.9 cm³/mol. The molecule has 0 atom stereocenters. The zero-order chi connectivity index (χ0) is 12.6. The lowest BCUT2D eigenvalue weighted by Crippen LogP contribution is -2.12. The molecule has 0 spiro atoms. The number of benzene rings is 1. The van der Waals surface area contributed by atoms with Crippen LogP contribution in [0.5, 0.6) is 0 Å². The highest BCUT2D eigenvalue weighted by atomic mass is 35.7. The summed E-state index contributed by atoms with van der Waals surface area (Å²) in [6.45, 7) is 0. The largest absolute Gasteiger partial charge is 0.417 e. The van der Waals surface area contributed by atoms with Crippen LogP contribution >= 0.6 is 10.7 Å². The van der Waals surface area contributed by atoms with Crippen molar-refractivity contribution in [3.63, 3.8) is 0 Å². The van der Waals surface area contributed by atoms with Gasteiger partial charge in [-0.1, -0.05) is 12.1 Å². The summed E-state index contributed by atoms with van der Waals surface area (Å²) < 4.78 is 59.3. The van der Waals surface area contributed by atoms with Crippen LogP contribution in [0.25, 0.3) is 0 Å². The molecule has 0 amide bonds. The fourth-order valence-electron chi connectivity index (χ4n) is 1.14. The van der Waals surface area contributed by atoms with E-state index >= 15 is 0 Å². The van der Waals surface area contributed by atoms with Gasteiger partial charge in [-0.05, 0) is 6.07 Å². The van der Waals surface area contributed by atoms with Crippen LogP contribution in [-0.4, -0.2) is 14.7 Å². The van der Waals surface area contributed by atoms with Crippen LogP contribution in [0.1, 0.15) is 15.9 Å². The second kappa shape index (κ2) is 4.06. The third-order valence-corrected chi connectivity index (χ3v) is 3.13. The molecule has 88 valence electrons. The average molecular weight is 273 g/mol. The van der Waals surface area contributed by atoms with Gasteiger partial charge in [-0.25, -0.2) is 8.42 Å². The van der Waals surface area contributed by atoms with Gasteiger partial charge in [-0.15, -0.1) is 0 Å². The summed E-state index contributed by atoms with van der Waals surface area (Å²) in [6.07, 6.45) is -4.89. The Morgan fingerprint density at radius 3 is 2.19 bits per heavy atom. The van der Waals surface area contributed by atoms with Crippen molar-refractivity contribution in [3.8, 4) is 0 Å². The summed E-state index contributed by atoms with van der Waals surface area (Å²) in [5.74, 6) is 0. The SMILES string of the molecule is O=Cc1cccc(C(F)(F)F)c1S(=O)(=O)Cl. The Labute approximate surface area is 93.3 Å².